The summed E-state index contributed by atoms with van der Waals surface area (Å²) < 4.78 is 42.7. The summed E-state index contributed by atoms with van der Waals surface area (Å²) in [5.74, 6) is -2.00. The van der Waals surface area contributed by atoms with Gasteiger partial charge in [0, 0.05) is 44.8 Å². The van der Waals surface area contributed by atoms with Crippen molar-refractivity contribution < 1.29 is 27.5 Å². The summed E-state index contributed by atoms with van der Waals surface area (Å²) in [5, 5.41) is 10.8. The van der Waals surface area contributed by atoms with Crippen molar-refractivity contribution in [2.24, 2.45) is 0 Å². The van der Waals surface area contributed by atoms with Gasteiger partial charge in [0.1, 0.15) is 34.4 Å². The van der Waals surface area contributed by atoms with Crippen LogP contribution in [0.4, 0.5) is 16.0 Å². The molecule has 3 aromatic rings. The molecule has 1 aliphatic rings. The third-order valence-electron chi connectivity index (χ3n) is 6.06. The van der Waals surface area contributed by atoms with Crippen LogP contribution in [0.1, 0.15) is 12.0 Å². The highest BCUT2D eigenvalue weighted by molar-refractivity contribution is 7.89. The topological polar surface area (TPSA) is 159 Å². The number of nitrogens with two attached hydrogens (primary N) is 1. The van der Waals surface area contributed by atoms with Gasteiger partial charge >= 0.3 is 5.97 Å². The molecule has 1 aliphatic heterocycles. The number of nitrogen functional groups attached to an aromatic ring is 1. The van der Waals surface area contributed by atoms with E-state index < -0.39 is 39.8 Å². The molecule has 1 saturated heterocycles. The van der Waals surface area contributed by atoms with Gasteiger partial charge in [0.2, 0.25) is 15.9 Å². The first-order valence-corrected chi connectivity index (χ1v) is 12.5. The lowest BCUT2D eigenvalue weighted by atomic mass is 10.0. The number of benzene rings is 1. The third kappa shape index (κ3) is 4.93. The lowest BCUT2D eigenvalue weighted by molar-refractivity contribution is -0.148. The molecule has 4 N–H and O–H groups in total. The fraction of sp³-hybridized carbons (Fsp3) is 0.304. The number of nitrogens with zero attached hydrogens (tertiary/aromatic N) is 4. The number of anilines is 2. The van der Waals surface area contributed by atoms with Crippen LogP contribution in [0.25, 0.3) is 10.8 Å². The molecule has 11 nitrogen and oxygen atoms in total. The van der Waals surface area contributed by atoms with Crippen LogP contribution in [0, 0.1) is 5.82 Å². The number of carbonyl (C=O) groups is 2. The molecule has 13 heteroatoms. The van der Waals surface area contributed by atoms with Crippen molar-refractivity contribution in [1.29, 1.82) is 0 Å². The quantitative estimate of drug-likeness (QED) is 0.397. The maximum atomic E-state index is 14.8. The second-order valence-corrected chi connectivity index (χ2v) is 10.4. The van der Waals surface area contributed by atoms with Crippen LogP contribution >= 0.6 is 0 Å². The van der Waals surface area contributed by atoms with E-state index in [1.165, 1.54) is 36.7 Å². The Labute approximate surface area is 206 Å². The van der Waals surface area contributed by atoms with E-state index in [0.29, 0.717) is 16.6 Å². The highest BCUT2D eigenvalue weighted by Gasteiger charge is 2.41. The molecule has 0 spiro atoms. The molecular formula is C23H25FN6O5S. The van der Waals surface area contributed by atoms with Gasteiger partial charge in [0.15, 0.2) is 0 Å². The van der Waals surface area contributed by atoms with Crippen molar-refractivity contribution >= 4 is 44.3 Å². The number of halogens is 1. The van der Waals surface area contributed by atoms with Gasteiger partial charge < -0.3 is 20.6 Å². The van der Waals surface area contributed by atoms with E-state index in [0.717, 1.165) is 4.90 Å². The number of hydrogen-bond acceptors (Lipinski definition) is 8. The molecule has 1 fully saturated rings. The zero-order chi connectivity index (χ0) is 26.2. The van der Waals surface area contributed by atoms with Crippen molar-refractivity contribution in [3.63, 3.8) is 0 Å². The van der Waals surface area contributed by atoms with Crippen molar-refractivity contribution in [3.8, 4) is 0 Å². The van der Waals surface area contributed by atoms with E-state index >= 15 is 0 Å². The number of nitrogens with one attached hydrogen (secondary N) is 1. The zero-order valence-electron chi connectivity index (χ0n) is 19.6. The normalized spacial score (nSPS) is 16.9. The van der Waals surface area contributed by atoms with Crippen LogP contribution in [-0.2, 0) is 26.0 Å². The van der Waals surface area contributed by atoms with E-state index in [1.54, 1.807) is 25.1 Å². The van der Waals surface area contributed by atoms with Crippen LogP contribution in [-0.4, -0.2) is 73.0 Å². The van der Waals surface area contributed by atoms with Gasteiger partial charge in [-0.2, -0.15) is 4.72 Å². The number of carbonyl (C=O) groups excluding carboxylic acids is 1. The Balaban J connectivity index is 1.53. The molecule has 36 heavy (non-hydrogen) atoms. The van der Waals surface area contributed by atoms with Gasteiger partial charge in [-0.25, -0.2) is 27.6 Å². The maximum Gasteiger partial charge on any atom is 0.326 e. The number of amides is 1. The van der Waals surface area contributed by atoms with Gasteiger partial charge in [0.05, 0.1) is 0 Å². The predicted octanol–water partition coefficient (Wildman–Crippen LogP) is 0.992. The highest BCUT2D eigenvalue weighted by Crippen LogP contribution is 2.26. The molecule has 3 heterocycles. The number of pyridine rings is 2. The molecule has 1 aromatic carbocycles. The molecule has 2 aromatic heterocycles. The molecule has 1 amide bonds. The number of hydrogen-bond donors (Lipinski definition) is 3. The van der Waals surface area contributed by atoms with E-state index in [4.69, 9.17) is 5.73 Å². The number of likely N-dealkylation sites (tertiary alicyclic amines) is 1. The summed E-state index contributed by atoms with van der Waals surface area (Å²) in [6.45, 7) is -0.00707. The average molecular weight is 517 g/mol. The van der Waals surface area contributed by atoms with Crippen LogP contribution in [0.3, 0.4) is 0 Å². The summed E-state index contributed by atoms with van der Waals surface area (Å²) in [7, 11) is -0.567. The first-order valence-electron chi connectivity index (χ1n) is 11.0. The van der Waals surface area contributed by atoms with Gasteiger partial charge in [-0.05, 0) is 47.7 Å². The Kier molecular flexibility index (Phi) is 6.78. The van der Waals surface area contributed by atoms with Gasteiger partial charge in [-0.3, -0.25) is 4.79 Å². The minimum atomic E-state index is -4.09. The van der Waals surface area contributed by atoms with E-state index in [-0.39, 0.29) is 35.7 Å². The van der Waals surface area contributed by atoms with E-state index in [1.807, 2.05) is 0 Å². The zero-order valence-corrected chi connectivity index (χ0v) is 20.4. The second-order valence-electron chi connectivity index (χ2n) is 8.66. The summed E-state index contributed by atoms with van der Waals surface area (Å²) in [4.78, 5) is 35.7. The molecule has 0 saturated carbocycles. The van der Waals surface area contributed by atoms with Crippen LogP contribution in [0.5, 0.6) is 0 Å². The van der Waals surface area contributed by atoms with Crippen molar-refractivity contribution in [2.45, 2.75) is 29.8 Å². The van der Waals surface area contributed by atoms with Gasteiger partial charge in [0.25, 0.3) is 0 Å². The third-order valence-corrected chi connectivity index (χ3v) is 7.52. The Hall–Kier alpha value is -3.84. The molecule has 0 bridgehead atoms. The highest BCUT2D eigenvalue weighted by atomic mass is 32.2. The largest absolute Gasteiger partial charge is 0.480 e. The summed E-state index contributed by atoms with van der Waals surface area (Å²) in [6, 6.07) is 4.63. The van der Waals surface area contributed by atoms with E-state index in [9.17, 15) is 27.5 Å². The van der Waals surface area contributed by atoms with Crippen LogP contribution < -0.4 is 15.4 Å². The minimum absolute atomic E-state index is 0.00707. The molecular weight excluding hydrogens is 491 g/mol. The number of rotatable bonds is 8. The fourth-order valence-corrected chi connectivity index (χ4v) is 5.30. The smallest absolute Gasteiger partial charge is 0.326 e. The molecule has 0 radical (unpaired) electrons. The number of aromatic nitrogens is 2. The second kappa shape index (κ2) is 9.66. The van der Waals surface area contributed by atoms with Crippen LogP contribution in [0.2, 0.25) is 0 Å². The number of carboxylic acid groups (broad SMARTS) is 1. The molecule has 4 rings (SSSR count). The average Bonchev–Trinajstić information content (AvgIpc) is 3.17. The van der Waals surface area contributed by atoms with Crippen molar-refractivity contribution in [2.75, 3.05) is 31.3 Å². The monoisotopic (exact) mass is 516 g/mol. The molecule has 0 aliphatic carbocycles. The first kappa shape index (κ1) is 25.3. The van der Waals surface area contributed by atoms with Gasteiger partial charge in [-0.15, -0.1) is 0 Å². The maximum absolute atomic E-state index is 14.8. The van der Waals surface area contributed by atoms with Crippen molar-refractivity contribution in [3.05, 3.63) is 54.1 Å². The van der Waals surface area contributed by atoms with Gasteiger partial charge in [-0.1, -0.05) is 0 Å². The summed E-state index contributed by atoms with van der Waals surface area (Å²) in [5.41, 5.74) is 5.87. The predicted molar refractivity (Wildman–Crippen MR) is 130 cm³/mol. The Morgan fingerprint density at radius 1 is 1.31 bits per heavy atom. The summed E-state index contributed by atoms with van der Waals surface area (Å²) in [6.07, 6.45) is 2.39. The summed E-state index contributed by atoms with van der Waals surface area (Å²) >= 11 is 0. The number of fused-ring (bicyclic) bond motifs is 1. The fourth-order valence-electron chi connectivity index (χ4n) is 4.13. The Morgan fingerprint density at radius 2 is 2.06 bits per heavy atom. The molecule has 2 atom stereocenters. The lowest BCUT2D eigenvalue weighted by Crippen LogP contribution is -2.48. The van der Waals surface area contributed by atoms with Crippen LogP contribution in [0.15, 0.2) is 47.6 Å². The molecule has 0 unspecified atom stereocenters. The van der Waals surface area contributed by atoms with E-state index in [2.05, 4.69) is 14.7 Å². The first-order chi connectivity index (χ1) is 17.0. The standard InChI is InChI=1S/C23H25FN6O5S/c1-29(2)20-4-3-15(12-27-20)36(34,35)28-18-6-8-30(22(18)31)19(23(32)33)10-14-9-13-5-7-26-21(25)16(13)11-17(14)24/h3-5,7,9,11-12,18-19,28H,6,8,10H2,1-2H3,(H2,25,26)(H,32,33)/t18-,19+/m0/s1. The number of sulfonamides is 1. The minimum Gasteiger partial charge on any atom is -0.480 e. The van der Waals surface area contributed by atoms with Crippen molar-refractivity contribution in [1.82, 2.24) is 19.6 Å². The Morgan fingerprint density at radius 3 is 2.69 bits per heavy atom. The number of carboxylic acids is 1. The lowest BCUT2D eigenvalue weighted by Gasteiger charge is -2.25. The Bertz CT molecular complexity index is 1430. The molecule has 190 valence electrons. The number of aliphatic carboxylic acids is 1. The SMILES string of the molecule is CN(C)c1ccc(S(=O)(=O)N[C@H]2CCN([C@H](Cc3cc4ccnc(N)c4cc3F)C(=O)O)C2=O)cn1.